The number of amides is 1. The second-order valence-electron chi connectivity index (χ2n) is 4.84. The third kappa shape index (κ3) is 2.60. The average Bonchev–Trinajstić information content (AvgIpc) is 2.65. The number of rotatable bonds is 2. The lowest BCUT2D eigenvalue weighted by Gasteiger charge is -2.17. The summed E-state index contributed by atoms with van der Waals surface area (Å²) < 4.78 is 0.922. The number of hydrogen-bond donors (Lipinski definition) is 2. The molecule has 6 heteroatoms. The third-order valence-corrected chi connectivity index (χ3v) is 4.10. The first-order valence-electron chi connectivity index (χ1n) is 6.69. The van der Waals surface area contributed by atoms with Gasteiger partial charge in [0.1, 0.15) is 18.2 Å². The molecule has 104 valence electrons. The van der Waals surface area contributed by atoms with Crippen LogP contribution in [-0.2, 0) is 4.79 Å². The van der Waals surface area contributed by atoms with Gasteiger partial charge in [0.25, 0.3) is 0 Å². The molecule has 1 aliphatic heterocycles. The Morgan fingerprint density at radius 3 is 3.10 bits per heavy atom. The fraction of sp³-hybridized carbons (Fsp3) is 0.357. The summed E-state index contributed by atoms with van der Waals surface area (Å²) in [5, 5.41) is 7.09. The van der Waals surface area contributed by atoms with Gasteiger partial charge in [-0.05, 0) is 47.3 Å². The molecule has 0 unspecified atom stereocenters. The molecule has 1 aromatic heterocycles. The number of nitrogens with one attached hydrogen (secondary N) is 2. The van der Waals surface area contributed by atoms with Gasteiger partial charge in [-0.15, -0.1) is 0 Å². The number of fused-ring (bicyclic) bond motifs is 1. The molecule has 3 rings (SSSR count). The van der Waals surface area contributed by atoms with Crippen molar-refractivity contribution in [2.75, 3.05) is 11.9 Å². The Bertz CT molecular complexity index is 646. The maximum Gasteiger partial charge on any atom is 0.242 e. The fourth-order valence-electron chi connectivity index (χ4n) is 2.41. The van der Waals surface area contributed by atoms with Crippen LogP contribution < -0.4 is 10.6 Å². The van der Waals surface area contributed by atoms with Gasteiger partial charge in [0.15, 0.2) is 0 Å². The summed E-state index contributed by atoms with van der Waals surface area (Å²) in [5.41, 5.74) is 0.846. The topological polar surface area (TPSA) is 66.9 Å². The molecule has 1 amide bonds. The molecule has 2 heterocycles. The molecule has 0 spiro atoms. The van der Waals surface area contributed by atoms with Crippen molar-refractivity contribution in [1.82, 2.24) is 15.3 Å². The van der Waals surface area contributed by atoms with Gasteiger partial charge in [-0.1, -0.05) is 6.07 Å². The van der Waals surface area contributed by atoms with Gasteiger partial charge in [0.05, 0.1) is 5.52 Å². The van der Waals surface area contributed by atoms with Crippen molar-refractivity contribution in [3.05, 3.63) is 29.0 Å². The average molecular weight is 335 g/mol. The number of aromatic nitrogens is 2. The molecule has 20 heavy (non-hydrogen) atoms. The Morgan fingerprint density at radius 1 is 1.30 bits per heavy atom. The van der Waals surface area contributed by atoms with Crippen molar-refractivity contribution in [2.45, 2.75) is 25.3 Å². The van der Waals surface area contributed by atoms with E-state index in [-0.39, 0.29) is 11.9 Å². The van der Waals surface area contributed by atoms with E-state index in [0.29, 0.717) is 5.82 Å². The van der Waals surface area contributed by atoms with Crippen LogP contribution in [0.3, 0.4) is 0 Å². The Balaban J connectivity index is 1.94. The number of carbonyl (C=O) groups excluding carboxylic acids is 1. The van der Waals surface area contributed by atoms with Crippen LogP contribution in [0.2, 0.25) is 0 Å². The molecule has 0 aliphatic carbocycles. The number of anilines is 1. The van der Waals surface area contributed by atoms with Crippen LogP contribution in [0, 0.1) is 0 Å². The lowest BCUT2D eigenvalue weighted by molar-refractivity contribution is -0.121. The SMILES string of the molecule is O=C1NCCCC[C@@H]1Nc1ncnc2c(Br)cccc12. The largest absolute Gasteiger partial charge is 0.358 e. The van der Waals surface area contributed by atoms with Gasteiger partial charge in [-0.3, -0.25) is 4.79 Å². The molecule has 5 nitrogen and oxygen atoms in total. The molecule has 2 N–H and O–H groups in total. The number of para-hydroxylation sites is 1. The first-order chi connectivity index (χ1) is 9.75. The number of halogens is 1. The standard InChI is InChI=1S/C14H15BrN4O/c15-10-5-3-4-9-12(10)17-8-18-13(9)19-11-6-1-2-7-16-14(11)20/h3-5,8,11H,1-2,6-7H2,(H,16,20)(H,17,18,19)/t11-/m0/s1. The summed E-state index contributed by atoms with van der Waals surface area (Å²) in [7, 11) is 0. The van der Waals surface area contributed by atoms with Gasteiger partial charge < -0.3 is 10.6 Å². The van der Waals surface area contributed by atoms with Gasteiger partial charge >= 0.3 is 0 Å². The third-order valence-electron chi connectivity index (χ3n) is 3.46. The molecule has 1 atom stereocenters. The zero-order chi connectivity index (χ0) is 13.9. The monoisotopic (exact) mass is 334 g/mol. The second kappa shape index (κ2) is 5.75. The Labute approximate surface area is 125 Å². The normalized spacial score (nSPS) is 19.4. The van der Waals surface area contributed by atoms with Crippen LogP contribution >= 0.6 is 15.9 Å². The number of carbonyl (C=O) groups is 1. The summed E-state index contributed by atoms with van der Waals surface area (Å²) in [5.74, 6) is 0.752. The zero-order valence-corrected chi connectivity index (χ0v) is 12.5. The maximum atomic E-state index is 12.0. The summed E-state index contributed by atoms with van der Waals surface area (Å²) in [6, 6.07) is 5.61. The lowest BCUT2D eigenvalue weighted by Crippen LogP contribution is -2.38. The van der Waals surface area contributed by atoms with E-state index < -0.39 is 0 Å². The molecular formula is C14H15BrN4O. The summed E-state index contributed by atoms with van der Waals surface area (Å²) in [4.78, 5) is 20.6. The summed E-state index contributed by atoms with van der Waals surface area (Å²) in [6.45, 7) is 0.757. The minimum Gasteiger partial charge on any atom is -0.358 e. The smallest absolute Gasteiger partial charge is 0.242 e. The molecule has 1 saturated heterocycles. The minimum atomic E-state index is -0.227. The quantitative estimate of drug-likeness (QED) is 0.885. The summed E-state index contributed by atoms with van der Waals surface area (Å²) in [6.07, 6.45) is 4.40. The minimum absolute atomic E-state index is 0.0456. The highest BCUT2D eigenvalue weighted by Crippen LogP contribution is 2.26. The van der Waals surface area contributed by atoms with Crippen molar-refractivity contribution in [1.29, 1.82) is 0 Å². The van der Waals surface area contributed by atoms with Gasteiger partial charge in [-0.2, -0.15) is 0 Å². The van der Waals surface area contributed by atoms with Crippen molar-refractivity contribution < 1.29 is 4.79 Å². The Morgan fingerprint density at radius 2 is 2.20 bits per heavy atom. The van der Waals surface area contributed by atoms with E-state index in [0.717, 1.165) is 41.2 Å². The second-order valence-corrected chi connectivity index (χ2v) is 5.70. The summed E-state index contributed by atoms with van der Waals surface area (Å²) >= 11 is 3.48. The fourth-order valence-corrected chi connectivity index (χ4v) is 2.88. The predicted octanol–water partition coefficient (Wildman–Crippen LogP) is 2.47. The van der Waals surface area contributed by atoms with Gasteiger partial charge in [0, 0.05) is 16.4 Å². The first kappa shape index (κ1) is 13.3. The van der Waals surface area contributed by atoms with Crippen molar-refractivity contribution >= 4 is 38.6 Å². The van der Waals surface area contributed by atoms with E-state index >= 15 is 0 Å². The van der Waals surface area contributed by atoms with Crippen LogP contribution in [0.4, 0.5) is 5.82 Å². The molecular weight excluding hydrogens is 320 g/mol. The number of hydrogen-bond acceptors (Lipinski definition) is 4. The predicted molar refractivity (Wildman–Crippen MR) is 81.5 cm³/mol. The van der Waals surface area contributed by atoms with Gasteiger partial charge in [0.2, 0.25) is 5.91 Å². The molecule has 0 radical (unpaired) electrons. The molecule has 0 bridgehead atoms. The van der Waals surface area contributed by atoms with Crippen LogP contribution in [0.25, 0.3) is 10.9 Å². The van der Waals surface area contributed by atoms with Crippen LogP contribution in [0.15, 0.2) is 29.0 Å². The molecule has 2 aromatic rings. The Hall–Kier alpha value is -1.69. The molecule has 1 fully saturated rings. The highest BCUT2D eigenvalue weighted by atomic mass is 79.9. The molecule has 0 saturated carbocycles. The van der Waals surface area contributed by atoms with E-state index in [4.69, 9.17) is 0 Å². The van der Waals surface area contributed by atoms with E-state index in [9.17, 15) is 4.79 Å². The van der Waals surface area contributed by atoms with Crippen molar-refractivity contribution in [2.24, 2.45) is 0 Å². The van der Waals surface area contributed by atoms with Crippen molar-refractivity contribution in [3.63, 3.8) is 0 Å². The maximum absolute atomic E-state index is 12.0. The highest BCUT2D eigenvalue weighted by Gasteiger charge is 2.21. The first-order valence-corrected chi connectivity index (χ1v) is 7.48. The van der Waals surface area contributed by atoms with Crippen LogP contribution in [-0.4, -0.2) is 28.5 Å². The number of benzene rings is 1. The van der Waals surface area contributed by atoms with E-state index in [1.807, 2.05) is 18.2 Å². The van der Waals surface area contributed by atoms with Crippen LogP contribution in [0.1, 0.15) is 19.3 Å². The van der Waals surface area contributed by atoms with E-state index in [1.165, 1.54) is 6.33 Å². The lowest BCUT2D eigenvalue weighted by atomic mass is 10.1. The Kier molecular flexibility index (Phi) is 3.82. The highest BCUT2D eigenvalue weighted by molar-refractivity contribution is 9.10. The van der Waals surface area contributed by atoms with E-state index in [1.54, 1.807) is 0 Å². The van der Waals surface area contributed by atoms with E-state index in [2.05, 4.69) is 36.5 Å². The van der Waals surface area contributed by atoms with Crippen molar-refractivity contribution in [3.8, 4) is 0 Å². The zero-order valence-electron chi connectivity index (χ0n) is 10.9. The molecule has 1 aliphatic rings. The number of nitrogens with zero attached hydrogens (tertiary/aromatic N) is 2. The molecule has 1 aromatic carbocycles. The van der Waals surface area contributed by atoms with Crippen LogP contribution in [0.5, 0.6) is 0 Å². The van der Waals surface area contributed by atoms with Gasteiger partial charge in [-0.25, -0.2) is 9.97 Å².